The molecule has 0 aliphatic heterocycles. The maximum absolute atomic E-state index is 13.5. The molecular weight excluding hydrogens is 504 g/mol. The molecule has 3 N–H and O–H groups in total. The van der Waals surface area contributed by atoms with Crippen LogP contribution in [0.25, 0.3) is 0 Å². The summed E-state index contributed by atoms with van der Waals surface area (Å²) in [7, 11) is -4.08. The van der Waals surface area contributed by atoms with Crippen LogP contribution in [0.5, 0.6) is 5.75 Å². The highest BCUT2D eigenvalue weighted by Crippen LogP contribution is 2.29. The van der Waals surface area contributed by atoms with Crippen LogP contribution in [0.4, 0.5) is 5.69 Å². The summed E-state index contributed by atoms with van der Waals surface area (Å²) in [5.41, 5.74) is 9.85. The van der Waals surface area contributed by atoms with Crippen LogP contribution in [0.1, 0.15) is 16.7 Å². The van der Waals surface area contributed by atoms with E-state index in [1.165, 1.54) is 24.4 Å². The van der Waals surface area contributed by atoms with Gasteiger partial charge in [0, 0.05) is 5.02 Å². The number of nitrogens with one attached hydrogen (secondary N) is 1. The number of hydrazone groups is 1. The van der Waals surface area contributed by atoms with Crippen LogP contribution in [-0.4, -0.2) is 39.6 Å². The number of sulfonamides is 1. The predicted octanol–water partition coefficient (Wildman–Crippen LogP) is 3.17. The fourth-order valence-corrected chi connectivity index (χ4v) is 4.78. The number of ether oxygens (including phenoxy) is 1. The number of aryl methyl sites for hydroxylation is 2. The minimum absolute atomic E-state index is 0.0439. The Kier molecular flexibility index (Phi) is 8.68. The second-order valence-electron chi connectivity index (χ2n) is 7.87. The summed E-state index contributed by atoms with van der Waals surface area (Å²) < 4.78 is 33.2. The van der Waals surface area contributed by atoms with Crippen molar-refractivity contribution >= 4 is 45.3 Å². The van der Waals surface area contributed by atoms with Crippen molar-refractivity contribution in [3.8, 4) is 5.75 Å². The lowest BCUT2D eigenvalue weighted by atomic mass is 10.2. The van der Waals surface area contributed by atoms with Gasteiger partial charge in [0.05, 0.1) is 16.8 Å². The Hall–Kier alpha value is -3.89. The molecule has 0 saturated carbocycles. The van der Waals surface area contributed by atoms with E-state index in [0.29, 0.717) is 21.9 Å². The average molecular weight is 529 g/mol. The van der Waals surface area contributed by atoms with Crippen LogP contribution in [0.3, 0.4) is 0 Å². The molecular formula is C25H25ClN4O5S. The van der Waals surface area contributed by atoms with Crippen LogP contribution >= 0.6 is 11.6 Å². The first-order valence-corrected chi connectivity index (χ1v) is 12.6. The molecule has 0 heterocycles. The summed E-state index contributed by atoms with van der Waals surface area (Å²) in [6.45, 7) is 2.82. The first-order valence-electron chi connectivity index (χ1n) is 10.7. The molecule has 0 radical (unpaired) electrons. The molecule has 0 bridgehead atoms. The molecule has 36 heavy (non-hydrogen) atoms. The summed E-state index contributed by atoms with van der Waals surface area (Å²) in [6, 6.07) is 17.7. The molecule has 0 aliphatic rings. The van der Waals surface area contributed by atoms with Crippen molar-refractivity contribution in [2.24, 2.45) is 10.8 Å². The third-order valence-corrected chi connectivity index (χ3v) is 7.01. The molecule has 11 heteroatoms. The molecule has 2 amide bonds. The van der Waals surface area contributed by atoms with E-state index < -0.39 is 28.4 Å². The third-order valence-electron chi connectivity index (χ3n) is 5.00. The van der Waals surface area contributed by atoms with Gasteiger partial charge in [-0.3, -0.25) is 13.9 Å². The van der Waals surface area contributed by atoms with E-state index in [4.69, 9.17) is 22.1 Å². The number of carbonyl (C=O) groups is 2. The highest BCUT2D eigenvalue weighted by atomic mass is 35.5. The smallest absolute Gasteiger partial charge is 0.264 e. The molecule has 3 aromatic carbocycles. The van der Waals surface area contributed by atoms with E-state index in [1.807, 2.05) is 6.92 Å². The van der Waals surface area contributed by atoms with E-state index >= 15 is 0 Å². The van der Waals surface area contributed by atoms with Crippen molar-refractivity contribution in [2.75, 3.05) is 17.5 Å². The van der Waals surface area contributed by atoms with Gasteiger partial charge in [0.1, 0.15) is 12.3 Å². The summed E-state index contributed by atoms with van der Waals surface area (Å²) >= 11 is 6.13. The summed E-state index contributed by atoms with van der Waals surface area (Å²) in [6.07, 6.45) is 1.39. The van der Waals surface area contributed by atoms with Crippen LogP contribution in [0.2, 0.25) is 5.02 Å². The van der Waals surface area contributed by atoms with E-state index in [2.05, 4.69) is 10.5 Å². The Morgan fingerprint density at radius 3 is 2.36 bits per heavy atom. The van der Waals surface area contributed by atoms with Gasteiger partial charge in [-0.05, 0) is 73.5 Å². The van der Waals surface area contributed by atoms with E-state index in [0.717, 1.165) is 9.87 Å². The van der Waals surface area contributed by atoms with Gasteiger partial charge in [-0.15, -0.1) is 0 Å². The normalized spacial score (nSPS) is 11.3. The molecule has 3 aromatic rings. The maximum Gasteiger partial charge on any atom is 0.264 e. The molecule has 3 rings (SSSR count). The highest BCUT2D eigenvalue weighted by molar-refractivity contribution is 7.92. The molecule has 0 unspecified atom stereocenters. The first kappa shape index (κ1) is 26.7. The number of halogens is 1. The number of rotatable bonds is 10. The number of anilines is 1. The van der Waals surface area contributed by atoms with Crippen molar-refractivity contribution in [1.29, 1.82) is 0 Å². The number of nitrogens with zero attached hydrogens (tertiary/aromatic N) is 2. The first-order chi connectivity index (χ1) is 17.1. The minimum Gasteiger partial charge on any atom is -0.484 e. The quantitative estimate of drug-likeness (QED) is 0.308. The van der Waals surface area contributed by atoms with Gasteiger partial charge in [-0.1, -0.05) is 35.4 Å². The maximum atomic E-state index is 13.5. The molecule has 0 atom stereocenters. The van der Waals surface area contributed by atoms with Gasteiger partial charge in [0.25, 0.3) is 21.8 Å². The molecule has 0 spiro atoms. The number of hydrogen-bond acceptors (Lipinski definition) is 6. The largest absolute Gasteiger partial charge is 0.484 e. The Balaban J connectivity index is 1.78. The van der Waals surface area contributed by atoms with Crippen LogP contribution < -0.4 is 20.2 Å². The van der Waals surface area contributed by atoms with Gasteiger partial charge in [-0.2, -0.15) is 5.10 Å². The number of hydrogen-bond donors (Lipinski definition) is 2. The van der Waals surface area contributed by atoms with Crippen LogP contribution in [-0.2, 0) is 19.6 Å². The number of nitrogens with two attached hydrogens (primary N) is 1. The standard InChI is InChI=1S/C25H25ClN4O5S/c1-17-3-11-22(12-4-17)36(33,34)30(23-13-20(26)8-5-18(23)2)15-25(32)29-28-14-19-6-9-21(10-7-19)35-16-24(27)31/h3-14H,15-16H2,1-2H3,(H2,27,31)(H,29,32)/b28-14-. The zero-order valence-corrected chi connectivity index (χ0v) is 21.2. The van der Waals surface area contributed by atoms with Crippen molar-refractivity contribution in [3.63, 3.8) is 0 Å². The SMILES string of the molecule is Cc1ccc(S(=O)(=O)N(CC(=O)N/N=C\c2ccc(OCC(N)=O)cc2)c2cc(Cl)ccc2C)cc1. The lowest BCUT2D eigenvalue weighted by Crippen LogP contribution is -2.40. The number of carbonyl (C=O) groups excluding carboxylic acids is 2. The lowest BCUT2D eigenvalue weighted by molar-refractivity contribution is -0.120. The highest BCUT2D eigenvalue weighted by Gasteiger charge is 2.28. The second kappa shape index (κ2) is 11.7. The second-order valence-corrected chi connectivity index (χ2v) is 10.2. The molecule has 9 nitrogen and oxygen atoms in total. The molecule has 0 fully saturated rings. The van der Waals surface area contributed by atoms with E-state index in [9.17, 15) is 18.0 Å². The van der Waals surface area contributed by atoms with E-state index in [-0.39, 0.29) is 17.2 Å². The van der Waals surface area contributed by atoms with Gasteiger partial charge < -0.3 is 10.5 Å². The van der Waals surface area contributed by atoms with Gasteiger partial charge in [0.2, 0.25) is 0 Å². The third kappa shape index (κ3) is 7.06. The van der Waals surface area contributed by atoms with Gasteiger partial charge in [-0.25, -0.2) is 13.8 Å². The summed E-state index contributed by atoms with van der Waals surface area (Å²) in [5, 5.41) is 4.25. The summed E-state index contributed by atoms with van der Waals surface area (Å²) in [5.74, 6) is -0.790. The molecule has 188 valence electrons. The Morgan fingerprint density at radius 2 is 1.72 bits per heavy atom. The lowest BCUT2D eigenvalue weighted by Gasteiger charge is -2.25. The fraction of sp³-hybridized carbons (Fsp3) is 0.160. The van der Waals surface area contributed by atoms with Crippen LogP contribution in [0.15, 0.2) is 76.7 Å². The summed E-state index contributed by atoms with van der Waals surface area (Å²) in [4.78, 5) is 23.6. The monoisotopic (exact) mass is 528 g/mol. The number of primary amides is 1. The Bertz CT molecular complexity index is 1370. The Labute approximate surface area is 214 Å². The molecule has 0 aromatic heterocycles. The Morgan fingerprint density at radius 1 is 1.06 bits per heavy atom. The van der Waals surface area contributed by atoms with Crippen molar-refractivity contribution in [1.82, 2.24) is 5.43 Å². The molecule has 0 saturated heterocycles. The zero-order chi connectivity index (χ0) is 26.3. The number of amides is 2. The van der Waals surface area contributed by atoms with Crippen LogP contribution in [0, 0.1) is 13.8 Å². The van der Waals surface area contributed by atoms with Gasteiger partial charge in [0.15, 0.2) is 6.61 Å². The minimum atomic E-state index is -4.08. The zero-order valence-electron chi connectivity index (χ0n) is 19.6. The van der Waals surface area contributed by atoms with Gasteiger partial charge >= 0.3 is 0 Å². The van der Waals surface area contributed by atoms with Crippen molar-refractivity contribution < 1.29 is 22.7 Å². The predicted molar refractivity (Wildman–Crippen MR) is 139 cm³/mol. The molecule has 0 aliphatic carbocycles. The van der Waals surface area contributed by atoms with E-state index in [1.54, 1.807) is 55.5 Å². The number of benzene rings is 3. The fourth-order valence-electron chi connectivity index (χ4n) is 3.14. The van der Waals surface area contributed by atoms with Crippen molar-refractivity contribution in [3.05, 3.63) is 88.4 Å². The van der Waals surface area contributed by atoms with Crippen molar-refractivity contribution in [2.45, 2.75) is 18.7 Å². The topological polar surface area (TPSA) is 131 Å². The average Bonchev–Trinajstić information content (AvgIpc) is 2.84.